The Labute approximate surface area is 131 Å². The summed E-state index contributed by atoms with van der Waals surface area (Å²) in [6, 6.07) is 0. The number of ether oxygens (including phenoxy) is 1. The van der Waals surface area contributed by atoms with Crippen molar-refractivity contribution < 1.29 is 9.53 Å². The number of nitrogen functional groups attached to an aromatic ring is 1. The Hall–Kier alpha value is -1.38. The molecule has 6 nitrogen and oxygen atoms in total. The van der Waals surface area contributed by atoms with Crippen LogP contribution in [-0.2, 0) is 9.53 Å². The maximum Gasteiger partial charge on any atom is 0.230 e. The van der Waals surface area contributed by atoms with Crippen molar-refractivity contribution in [2.45, 2.75) is 19.0 Å². The fourth-order valence-electron chi connectivity index (χ4n) is 1.80. The van der Waals surface area contributed by atoms with Crippen LogP contribution in [0.5, 0.6) is 0 Å². The Kier molecular flexibility index (Phi) is 5.38. The first-order valence-corrected chi connectivity index (χ1v) is 8.24. The normalized spacial score (nSPS) is 11.0. The third-order valence-corrected chi connectivity index (χ3v) is 4.95. The van der Waals surface area contributed by atoms with Gasteiger partial charge in [0.1, 0.15) is 10.6 Å². The van der Waals surface area contributed by atoms with E-state index in [1.807, 2.05) is 13.8 Å². The Bertz CT molecular complexity index is 657. The van der Waals surface area contributed by atoms with E-state index >= 15 is 0 Å². The molecule has 1 amide bonds. The molecule has 0 aliphatic heterocycles. The van der Waals surface area contributed by atoms with E-state index in [4.69, 9.17) is 10.5 Å². The summed E-state index contributed by atoms with van der Waals surface area (Å²) >= 11 is 2.88. The Morgan fingerprint density at radius 2 is 2.19 bits per heavy atom. The van der Waals surface area contributed by atoms with Crippen molar-refractivity contribution >= 4 is 45.0 Å². The van der Waals surface area contributed by atoms with Gasteiger partial charge in [-0.25, -0.2) is 9.97 Å². The Morgan fingerprint density at radius 3 is 2.90 bits per heavy atom. The number of carbonyl (C=O) groups is 1. The van der Waals surface area contributed by atoms with E-state index < -0.39 is 0 Å². The summed E-state index contributed by atoms with van der Waals surface area (Å²) in [6.45, 7) is 5.06. The molecule has 8 heteroatoms. The average Bonchev–Trinajstić information content (AvgIpc) is 2.72. The van der Waals surface area contributed by atoms with Gasteiger partial charge in [-0.15, -0.1) is 11.3 Å². The van der Waals surface area contributed by atoms with Crippen LogP contribution in [0.2, 0.25) is 0 Å². The zero-order chi connectivity index (χ0) is 15.4. The molecule has 2 aromatic heterocycles. The monoisotopic (exact) mass is 326 g/mol. The highest BCUT2D eigenvalue weighted by Crippen LogP contribution is 2.33. The van der Waals surface area contributed by atoms with Crippen molar-refractivity contribution in [2.24, 2.45) is 0 Å². The Balaban J connectivity index is 2.04. The smallest absolute Gasteiger partial charge is 0.230 e. The van der Waals surface area contributed by atoms with E-state index in [1.54, 1.807) is 18.4 Å². The van der Waals surface area contributed by atoms with Crippen molar-refractivity contribution in [1.29, 1.82) is 0 Å². The molecule has 3 N–H and O–H groups in total. The SMILES string of the molecule is COCCNC(=O)CSc1nc(N)c2c(C)c(C)sc2n1. The second-order valence-electron chi connectivity index (χ2n) is 4.49. The number of hydrogen-bond donors (Lipinski definition) is 2. The van der Waals surface area contributed by atoms with E-state index in [9.17, 15) is 4.79 Å². The number of nitrogens with one attached hydrogen (secondary N) is 1. The van der Waals surface area contributed by atoms with Gasteiger partial charge < -0.3 is 15.8 Å². The van der Waals surface area contributed by atoms with Crippen molar-refractivity contribution in [2.75, 3.05) is 31.7 Å². The highest BCUT2D eigenvalue weighted by Gasteiger charge is 2.13. The second-order valence-corrected chi connectivity index (χ2v) is 6.63. The quantitative estimate of drug-likeness (QED) is 0.477. The topological polar surface area (TPSA) is 90.1 Å². The minimum atomic E-state index is -0.0714. The third kappa shape index (κ3) is 3.84. The van der Waals surface area contributed by atoms with Crippen LogP contribution in [0.25, 0.3) is 10.2 Å². The van der Waals surface area contributed by atoms with Crippen molar-refractivity contribution in [3.8, 4) is 0 Å². The van der Waals surface area contributed by atoms with Crippen LogP contribution in [0.1, 0.15) is 10.4 Å². The second kappa shape index (κ2) is 7.06. The number of thioether (sulfide) groups is 1. The van der Waals surface area contributed by atoms with Crippen LogP contribution in [0, 0.1) is 13.8 Å². The molecule has 2 aromatic rings. The van der Waals surface area contributed by atoms with Gasteiger partial charge in [0.05, 0.1) is 17.7 Å². The molecule has 0 atom stereocenters. The number of nitrogens with two attached hydrogens (primary N) is 1. The average molecular weight is 326 g/mol. The highest BCUT2D eigenvalue weighted by molar-refractivity contribution is 7.99. The lowest BCUT2D eigenvalue weighted by Crippen LogP contribution is -2.28. The van der Waals surface area contributed by atoms with E-state index in [0.717, 1.165) is 15.8 Å². The fourth-order valence-corrected chi connectivity index (χ4v) is 3.57. The molecule has 114 valence electrons. The summed E-state index contributed by atoms with van der Waals surface area (Å²) < 4.78 is 4.87. The number of fused-ring (bicyclic) bond motifs is 1. The van der Waals surface area contributed by atoms with Crippen LogP contribution in [-0.4, -0.2) is 41.9 Å². The van der Waals surface area contributed by atoms with Crippen LogP contribution in [0.15, 0.2) is 5.16 Å². The van der Waals surface area contributed by atoms with Gasteiger partial charge >= 0.3 is 0 Å². The molecule has 0 saturated carbocycles. The predicted molar refractivity (Wildman–Crippen MR) is 86.9 cm³/mol. The minimum absolute atomic E-state index is 0.0714. The lowest BCUT2D eigenvalue weighted by Gasteiger charge is -2.04. The number of nitrogens with zero attached hydrogens (tertiary/aromatic N) is 2. The number of hydrogen-bond acceptors (Lipinski definition) is 7. The summed E-state index contributed by atoms with van der Waals surface area (Å²) in [6.07, 6.45) is 0. The number of thiophene rings is 1. The van der Waals surface area contributed by atoms with Crippen LogP contribution >= 0.6 is 23.1 Å². The first-order valence-electron chi connectivity index (χ1n) is 6.44. The summed E-state index contributed by atoms with van der Waals surface area (Å²) in [4.78, 5) is 22.4. The van der Waals surface area contributed by atoms with Gasteiger partial charge in [-0.2, -0.15) is 0 Å². The van der Waals surface area contributed by atoms with Gasteiger partial charge in [0.2, 0.25) is 5.91 Å². The summed E-state index contributed by atoms with van der Waals surface area (Å²) in [5.41, 5.74) is 7.13. The first kappa shape index (κ1) is 16.0. The number of rotatable bonds is 6. The zero-order valence-electron chi connectivity index (χ0n) is 12.2. The Morgan fingerprint density at radius 1 is 1.43 bits per heavy atom. The lowest BCUT2D eigenvalue weighted by molar-refractivity contribution is -0.118. The summed E-state index contributed by atoms with van der Waals surface area (Å²) in [5.74, 6) is 0.667. The summed E-state index contributed by atoms with van der Waals surface area (Å²) in [7, 11) is 1.59. The van der Waals surface area contributed by atoms with Gasteiger partial charge in [0.15, 0.2) is 5.16 Å². The van der Waals surface area contributed by atoms with E-state index in [-0.39, 0.29) is 11.7 Å². The zero-order valence-corrected chi connectivity index (χ0v) is 13.9. The van der Waals surface area contributed by atoms with E-state index in [2.05, 4.69) is 15.3 Å². The van der Waals surface area contributed by atoms with E-state index in [0.29, 0.717) is 24.1 Å². The molecule has 0 radical (unpaired) electrons. The van der Waals surface area contributed by atoms with Crippen LogP contribution in [0.4, 0.5) is 5.82 Å². The number of methoxy groups -OCH3 is 1. The minimum Gasteiger partial charge on any atom is -0.383 e. The number of carbonyl (C=O) groups excluding carboxylic acids is 1. The van der Waals surface area contributed by atoms with Crippen LogP contribution in [0.3, 0.4) is 0 Å². The fraction of sp³-hybridized carbons (Fsp3) is 0.462. The van der Waals surface area contributed by atoms with Crippen molar-refractivity contribution in [3.63, 3.8) is 0 Å². The predicted octanol–water partition coefficient (Wildman–Crippen LogP) is 1.75. The molecule has 0 saturated heterocycles. The molecule has 21 heavy (non-hydrogen) atoms. The van der Waals surface area contributed by atoms with Gasteiger partial charge in [-0.1, -0.05) is 11.8 Å². The molecule has 0 aliphatic rings. The molecule has 0 aliphatic carbocycles. The number of amides is 1. The van der Waals surface area contributed by atoms with Gasteiger partial charge in [-0.05, 0) is 19.4 Å². The van der Waals surface area contributed by atoms with Gasteiger partial charge in [-0.3, -0.25) is 4.79 Å². The van der Waals surface area contributed by atoms with Crippen molar-refractivity contribution in [3.05, 3.63) is 10.4 Å². The largest absolute Gasteiger partial charge is 0.383 e. The molecule has 0 bridgehead atoms. The molecule has 0 fully saturated rings. The van der Waals surface area contributed by atoms with Crippen molar-refractivity contribution in [1.82, 2.24) is 15.3 Å². The summed E-state index contributed by atoms with van der Waals surface area (Å²) in [5, 5.41) is 4.20. The van der Waals surface area contributed by atoms with Gasteiger partial charge in [0, 0.05) is 18.5 Å². The van der Waals surface area contributed by atoms with Gasteiger partial charge in [0.25, 0.3) is 0 Å². The molecular formula is C13H18N4O2S2. The maximum absolute atomic E-state index is 11.6. The molecule has 2 rings (SSSR count). The maximum atomic E-state index is 11.6. The molecule has 0 spiro atoms. The first-order chi connectivity index (χ1) is 10.0. The lowest BCUT2D eigenvalue weighted by atomic mass is 10.2. The molecule has 0 unspecified atom stereocenters. The molecule has 2 heterocycles. The number of aryl methyl sites for hydroxylation is 2. The van der Waals surface area contributed by atoms with Crippen LogP contribution < -0.4 is 11.1 Å². The number of aromatic nitrogens is 2. The number of anilines is 1. The van der Waals surface area contributed by atoms with E-state index in [1.165, 1.54) is 16.6 Å². The third-order valence-electron chi connectivity index (χ3n) is 3.00. The molecular weight excluding hydrogens is 308 g/mol. The highest BCUT2D eigenvalue weighted by atomic mass is 32.2. The standard InChI is InChI=1S/C13H18N4O2S2/c1-7-8(2)21-12-10(7)11(14)16-13(17-12)20-6-9(18)15-4-5-19-3/h4-6H2,1-3H3,(H,15,18)(H2,14,16,17). The molecule has 0 aromatic carbocycles.